The van der Waals surface area contributed by atoms with E-state index in [1.165, 1.54) is 0 Å². The molecule has 0 bridgehead atoms. The van der Waals surface area contributed by atoms with Gasteiger partial charge in [-0.2, -0.15) is 10.1 Å². The van der Waals surface area contributed by atoms with Crippen molar-refractivity contribution in [2.75, 3.05) is 13.7 Å². The Labute approximate surface area is 118 Å². The van der Waals surface area contributed by atoms with Crippen molar-refractivity contribution in [3.05, 3.63) is 30.2 Å². The number of rotatable bonds is 8. The highest BCUT2D eigenvalue weighted by Gasteiger charge is 2.15. The van der Waals surface area contributed by atoms with Gasteiger partial charge in [-0.05, 0) is 19.9 Å². The molecule has 7 nitrogen and oxygen atoms in total. The second-order valence-corrected chi connectivity index (χ2v) is 4.74. The number of hydrogen-bond acceptors (Lipinski definition) is 6. The van der Waals surface area contributed by atoms with Gasteiger partial charge in [0, 0.05) is 32.0 Å². The van der Waals surface area contributed by atoms with Crippen LogP contribution in [0.25, 0.3) is 0 Å². The van der Waals surface area contributed by atoms with E-state index in [4.69, 9.17) is 9.26 Å². The Morgan fingerprint density at radius 3 is 3.00 bits per heavy atom. The minimum atomic E-state index is 0.240. The molecule has 110 valence electrons. The van der Waals surface area contributed by atoms with E-state index in [0.717, 1.165) is 0 Å². The molecular weight excluding hydrogens is 258 g/mol. The van der Waals surface area contributed by atoms with Gasteiger partial charge in [0.15, 0.2) is 5.82 Å². The molecule has 2 heterocycles. The van der Waals surface area contributed by atoms with E-state index in [9.17, 15) is 0 Å². The summed E-state index contributed by atoms with van der Waals surface area (Å²) in [4.78, 5) is 4.30. The van der Waals surface area contributed by atoms with E-state index in [-0.39, 0.29) is 12.1 Å². The van der Waals surface area contributed by atoms with Crippen molar-refractivity contribution < 1.29 is 9.26 Å². The molecule has 0 amide bonds. The minimum absolute atomic E-state index is 0.240. The summed E-state index contributed by atoms with van der Waals surface area (Å²) in [6.07, 6.45) is 4.40. The average Bonchev–Trinajstić information content (AvgIpc) is 3.13. The summed E-state index contributed by atoms with van der Waals surface area (Å²) < 4.78 is 12.1. The maximum absolute atomic E-state index is 5.18. The molecule has 0 aromatic carbocycles. The lowest BCUT2D eigenvalue weighted by Crippen LogP contribution is -2.33. The number of nitrogens with one attached hydrogen (secondary N) is 1. The Kier molecular flexibility index (Phi) is 5.25. The Morgan fingerprint density at radius 1 is 1.45 bits per heavy atom. The van der Waals surface area contributed by atoms with Gasteiger partial charge < -0.3 is 14.6 Å². The van der Waals surface area contributed by atoms with Crippen LogP contribution in [-0.4, -0.2) is 39.7 Å². The molecule has 0 aliphatic carbocycles. The zero-order valence-corrected chi connectivity index (χ0v) is 12.1. The van der Waals surface area contributed by atoms with Crippen molar-refractivity contribution in [2.24, 2.45) is 0 Å². The lowest BCUT2D eigenvalue weighted by atomic mass is 10.2. The molecule has 0 saturated heterocycles. The first-order valence-electron chi connectivity index (χ1n) is 6.73. The highest BCUT2D eigenvalue weighted by molar-refractivity contribution is 4.88. The standard InChI is InChI=1S/C13H21N5O2/c1-10(11(2)18-7-4-6-15-18)14-9-13-16-12(17-20-13)5-8-19-3/h4,6-7,10-11,14H,5,8-9H2,1-3H3/t10-,11-/m1/s1. The summed E-state index contributed by atoms with van der Waals surface area (Å²) in [5, 5.41) is 11.5. The molecule has 0 spiro atoms. The van der Waals surface area contributed by atoms with Gasteiger partial charge in [-0.3, -0.25) is 4.68 Å². The van der Waals surface area contributed by atoms with Crippen LogP contribution in [-0.2, 0) is 17.7 Å². The lowest BCUT2D eigenvalue weighted by Gasteiger charge is -2.20. The van der Waals surface area contributed by atoms with Gasteiger partial charge in [0.2, 0.25) is 5.89 Å². The zero-order chi connectivity index (χ0) is 14.4. The number of methoxy groups -OCH3 is 1. The molecule has 20 heavy (non-hydrogen) atoms. The minimum Gasteiger partial charge on any atom is -0.384 e. The van der Waals surface area contributed by atoms with E-state index >= 15 is 0 Å². The third kappa shape index (κ3) is 3.88. The summed E-state index contributed by atoms with van der Waals surface area (Å²) in [6, 6.07) is 2.41. The quantitative estimate of drug-likeness (QED) is 0.782. The van der Waals surface area contributed by atoms with Gasteiger partial charge in [-0.1, -0.05) is 5.16 Å². The fourth-order valence-electron chi connectivity index (χ4n) is 1.83. The second-order valence-electron chi connectivity index (χ2n) is 4.74. The molecule has 7 heteroatoms. The number of ether oxygens (including phenoxy) is 1. The average molecular weight is 279 g/mol. The highest BCUT2D eigenvalue weighted by Crippen LogP contribution is 2.09. The number of nitrogens with zero attached hydrogens (tertiary/aromatic N) is 4. The Morgan fingerprint density at radius 2 is 2.30 bits per heavy atom. The molecule has 2 aromatic heterocycles. The molecular formula is C13H21N5O2. The molecule has 1 N–H and O–H groups in total. The molecule has 0 radical (unpaired) electrons. The van der Waals surface area contributed by atoms with Gasteiger partial charge >= 0.3 is 0 Å². The van der Waals surface area contributed by atoms with Crippen LogP contribution in [0, 0.1) is 0 Å². The normalized spacial score (nSPS) is 14.3. The smallest absolute Gasteiger partial charge is 0.240 e. The Hall–Kier alpha value is -1.73. The number of aromatic nitrogens is 4. The molecule has 0 unspecified atom stereocenters. The fraction of sp³-hybridized carbons (Fsp3) is 0.615. The fourth-order valence-corrected chi connectivity index (χ4v) is 1.83. The largest absolute Gasteiger partial charge is 0.384 e. The van der Waals surface area contributed by atoms with Crippen molar-refractivity contribution >= 4 is 0 Å². The van der Waals surface area contributed by atoms with Crippen molar-refractivity contribution in [1.29, 1.82) is 0 Å². The van der Waals surface area contributed by atoms with Crippen molar-refractivity contribution in [3.63, 3.8) is 0 Å². The maximum atomic E-state index is 5.18. The van der Waals surface area contributed by atoms with Gasteiger partial charge in [-0.25, -0.2) is 0 Å². The van der Waals surface area contributed by atoms with Gasteiger partial charge in [0.05, 0.1) is 19.2 Å². The van der Waals surface area contributed by atoms with Crippen LogP contribution in [0.4, 0.5) is 0 Å². The van der Waals surface area contributed by atoms with E-state index in [1.807, 2.05) is 16.9 Å². The third-order valence-electron chi connectivity index (χ3n) is 3.28. The second kappa shape index (κ2) is 7.16. The number of hydrogen-bond donors (Lipinski definition) is 1. The highest BCUT2D eigenvalue weighted by atomic mass is 16.5. The summed E-state index contributed by atoms with van der Waals surface area (Å²) in [7, 11) is 1.65. The Balaban J connectivity index is 1.81. The topological polar surface area (TPSA) is 78.0 Å². The van der Waals surface area contributed by atoms with Crippen LogP contribution >= 0.6 is 0 Å². The van der Waals surface area contributed by atoms with Crippen molar-refractivity contribution in [1.82, 2.24) is 25.2 Å². The summed E-state index contributed by atoms with van der Waals surface area (Å²) in [6.45, 7) is 5.36. The Bertz CT molecular complexity index is 497. The van der Waals surface area contributed by atoms with Crippen LogP contribution in [0.3, 0.4) is 0 Å². The summed E-state index contributed by atoms with van der Waals surface area (Å²) >= 11 is 0. The first-order chi connectivity index (χ1) is 9.70. The summed E-state index contributed by atoms with van der Waals surface area (Å²) in [5.41, 5.74) is 0. The lowest BCUT2D eigenvalue weighted by molar-refractivity contribution is 0.199. The molecule has 0 saturated carbocycles. The molecule has 0 aliphatic rings. The van der Waals surface area contributed by atoms with E-state index < -0.39 is 0 Å². The van der Waals surface area contributed by atoms with E-state index in [2.05, 4.69) is 34.4 Å². The van der Waals surface area contributed by atoms with Crippen LogP contribution in [0.5, 0.6) is 0 Å². The van der Waals surface area contributed by atoms with Gasteiger partial charge in [-0.15, -0.1) is 0 Å². The van der Waals surface area contributed by atoms with Crippen LogP contribution < -0.4 is 5.32 Å². The van der Waals surface area contributed by atoms with Crippen molar-refractivity contribution in [3.8, 4) is 0 Å². The zero-order valence-electron chi connectivity index (χ0n) is 12.1. The summed E-state index contributed by atoms with van der Waals surface area (Å²) in [5.74, 6) is 1.27. The van der Waals surface area contributed by atoms with E-state index in [1.54, 1.807) is 13.3 Å². The van der Waals surface area contributed by atoms with Crippen LogP contribution in [0.1, 0.15) is 31.6 Å². The monoisotopic (exact) mass is 279 g/mol. The van der Waals surface area contributed by atoms with Crippen LogP contribution in [0.15, 0.2) is 23.0 Å². The molecule has 2 rings (SSSR count). The van der Waals surface area contributed by atoms with Crippen molar-refractivity contribution in [2.45, 2.75) is 38.9 Å². The SMILES string of the molecule is COCCc1noc(CN[C@H](C)[C@@H](C)n2cccn2)n1. The molecule has 0 aliphatic heterocycles. The van der Waals surface area contributed by atoms with Gasteiger partial charge in [0.25, 0.3) is 0 Å². The first kappa shape index (κ1) is 14.7. The molecule has 2 atom stereocenters. The third-order valence-corrected chi connectivity index (χ3v) is 3.28. The van der Waals surface area contributed by atoms with E-state index in [0.29, 0.717) is 31.3 Å². The predicted octanol–water partition coefficient (Wildman–Crippen LogP) is 1.19. The molecule has 0 fully saturated rings. The first-order valence-corrected chi connectivity index (χ1v) is 6.73. The molecule has 2 aromatic rings. The maximum Gasteiger partial charge on any atom is 0.240 e. The van der Waals surface area contributed by atoms with Crippen LogP contribution in [0.2, 0.25) is 0 Å². The predicted molar refractivity (Wildman–Crippen MR) is 73.1 cm³/mol. The van der Waals surface area contributed by atoms with Gasteiger partial charge in [0.1, 0.15) is 0 Å².